The minimum absolute atomic E-state index is 0.347. The first-order chi connectivity index (χ1) is 12.6. The van der Waals surface area contributed by atoms with Crippen molar-refractivity contribution in [3.05, 3.63) is 78.0 Å². The van der Waals surface area contributed by atoms with Gasteiger partial charge in [0, 0.05) is 11.9 Å². The lowest BCUT2D eigenvalue weighted by Gasteiger charge is -2.12. The van der Waals surface area contributed by atoms with Crippen LogP contribution < -0.4 is 15.4 Å². The number of aromatic nitrogens is 1. The first-order valence-electron chi connectivity index (χ1n) is 8.50. The van der Waals surface area contributed by atoms with Crippen molar-refractivity contribution >= 4 is 17.4 Å². The van der Waals surface area contributed by atoms with Crippen molar-refractivity contribution in [1.29, 1.82) is 0 Å². The lowest BCUT2D eigenvalue weighted by atomic mass is 10.2. The van der Waals surface area contributed by atoms with Crippen LogP contribution in [0.4, 0.5) is 16.2 Å². The van der Waals surface area contributed by atoms with Gasteiger partial charge >= 0.3 is 6.03 Å². The van der Waals surface area contributed by atoms with Crippen LogP contribution in [-0.4, -0.2) is 11.0 Å². The van der Waals surface area contributed by atoms with E-state index in [2.05, 4.69) is 22.5 Å². The average Bonchev–Trinajstić information content (AvgIpc) is 2.65. The Balaban J connectivity index is 1.72. The van der Waals surface area contributed by atoms with Gasteiger partial charge in [0.2, 0.25) is 5.88 Å². The number of carbonyl (C=O) groups is 1. The van der Waals surface area contributed by atoms with Gasteiger partial charge in [-0.1, -0.05) is 36.8 Å². The number of hydrogen-bond donors (Lipinski definition) is 2. The number of amides is 2. The molecule has 0 fully saturated rings. The molecule has 132 valence electrons. The third-order valence-electron chi connectivity index (χ3n) is 3.85. The number of ether oxygens (including phenoxy) is 1. The number of rotatable bonds is 5. The van der Waals surface area contributed by atoms with Gasteiger partial charge in [0.25, 0.3) is 0 Å². The molecule has 0 atom stereocenters. The number of anilines is 2. The van der Waals surface area contributed by atoms with Gasteiger partial charge in [-0.3, -0.25) is 0 Å². The van der Waals surface area contributed by atoms with Crippen LogP contribution in [0.1, 0.15) is 18.1 Å². The Labute approximate surface area is 153 Å². The van der Waals surface area contributed by atoms with Gasteiger partial charge < -0.3 is 15.4 Å². The molecule has 0 saturated carbocycles. The predicted molar refractivity (Wildman–Crippen MR) is 104 cm³/mol. The molecule has 2 aromatic carbocycles. The second-order valence-electron chi connectivity index (χ2n) is 5.90. The molecule has 1 heterocycles. The second-order valence-corrected chi connectivity index (χ2v) is 5.90. The molecule has 0 unspecified atom stereocenters. The molecule has 26 heavy (non-hydrogen) atoms. The van der Waals surface area contributed by atoms with Crippen molar-refractivity contribution in [3.8, 4) is 11.6 Å². The number of aryl methyl sites for hydroxylation is 2. The van der Waals surface area contributed by atoms with Crippen molar-refractivity contribution < 1.29 is 9.53 Å². The minimum Gasteiger partial charge on any atom is -0.437 e. The summed E-state index contributed by atoms with van der Waals surface area (Å²) in [6, 6.07) is 18.5. The summed E-state index contributed by atoms with van der Waals surface area (Å²) in [6.45, 7) is 4.08. The second kappa shape index (κ2) is 8.16. The fourth-order valence-electron chi connectivity index (χ4n) is 2.43. The van der Waals surface area contributed by atoms with E-state index in [1.165, 1.54) is 5.56 Å². The van der Waals surface area contributed by atoms with Crippen LogP contribution in [0.15, 0.2) is 66.9 Å². The van der Waals surface area contributed by atoms with Gasteiger partial charge in [-0.05, 0) is 55.3 Å². The molecule has 0 bridgehead atoms. The Morgan fingerprint density at radius 2 is 1.85 bits per heavy atom. The van der Waals surface area contributed by atoms with E-state index in [9.17, 15) is 4.79 Å². The molecule has 2 N–H and O–H groups in total. The first kappa shape index (κ1) is 17.5. The number of pyridine rings is 1. The van der Waals surface area contributed by atoms with Gasteiger partial charge in [-0.2, -0.15) is 0 Å². The molecule has 0 saturated heterocycles. The summed E-state index contributed by atoms with van der Waals surface area (Å²) in [5.74, 6) is 1.03. The third-order valence-corrected chi connectivity index (χ3v) is 3.85. The number of carbonyl (C=O) groups excluding carboxylic acids is 1. The van der Waals surface area contributed by atoms with Crippen LogP contribution in [0.5, 0.6) is 11.6 Å². The van der Waals surface area contributed by atoms with Crippen LogP contribution in [0.25, 0.3) is 0 Å². The lowest BCUT2D eigenvalue weighted by Crippen LogP contribution is -2.19. The Morgan fingerprint density at radius 3 is 2.62 bits per heavy atom. The van der Waals surface area contributed by atoms with Crippen molar-refractivity contribution in [1.82, 2.24) is 4.98 Å². The molecule has 5 heteroatoms. The van der Waals surface area contributed by atoms with E-state index in [1.807, 2.05) is 55.5 Å². The maximum Gasteiger partial charge on any atom is 0.323 e. The fourth-order valence-corrected chi connectivity index (χ4v) is 2.43. The standard InChI is InChI=1S/C21H21N3O2/c1-3-16-6-4-7-18(14-16)26-20-19(8-5-13-22-20)24-21(25)23-17-11-9-15(2)10-12-17/h4-14H,3H2,1-2H3,(H2,23,24,25). The van der Waals surface area contributed by atoms with Crippen molar-refractivity contribution in [2.45, 2.75) is 20.3 Å². The summed E-state index contributed by atoms with van der Waals surface area (Å²) in [4.78, 5) is 16.5. The number of nitrogens with zero attached hydrogens (tertiary/aromatic N) is 1. The van der Waals surface area contributed by atoms with Crippen LogP contribution in [0, 0.1) is 6.92 Å². The molecule has 0 aliphatic rings. The van der Waals surface area contributed by atoms with Gasteiger partial charge in [-0.15, -0.1) is 0 Å². The highest BCUT2D eigenvalue weighted by atomic mass is 16.5. The molecular formula is C21H21N3O2. The van der Waals surface area contributed by atoms with Gasteiger partial charge in [-0.25, -0.2) is 9.78 Å². The van der Waals surface area contributed by atoms with E-state index < -0.39 is 0 Å². The Kier molecular flexibility index (Phi) is 5.49. The number of benzene rings is 2. The van der Waals surface area contributed by atoms with Crippen LogP contribution in [0.2, 0.25) is 0 Å². The average molecular weight is 347 g/mol. The highest BCUT2D eigenvalue weighted by Gasteiger charge is 2.10. The Bertz CT molecular complexity index is 892. The summed E-state index contributed by atoms with van der Waals surface area (Å²) in [7, 11) is 0. The summed E-state index contributed by atoms with van der Waals surface area (Å²) >= 11 is 0. The largest absolute Gasteiger partial charge is 0.437 e. The maximum absolute atomic E-state index is 12.3. The smallest absolute Gasteiger partial charge is 0.323 e. The summed E-state index contributed by atoms with van der Waals surface area (Å²) in [6.07, 6.45) is 2.55. The Morgan fingerprint density at radius 1 is 1.04 bits per heavy atom. The topological polar surface area (TPSA) is 63.2 Å². The zero-order chi connectivity index (χ0) is 18.4. The van der Waals surface area contributed by atoms with Gasteiger partial charge in [0.1, 0.15) is 11.4 Å². The number of urea groups is 1. The highest BCUT2D eigenvalue weighted by molar-refractivity contribution is 6.00. The van der Waals surface area contributed by atoms with E-state index in [-0.39, 0.29) is 6.03 Å². The van der Waals surface area contributed by atoms with Gasteiger partial charge in [0.15, 0.2) is 0 Å². The van der Waals surface area contributed by atoms with Crippen LogP contribution >= 0.6 is 0 Å². The van der Waals surface area contributed by atoms with Crippen LogP contribution in [-0.2, 0) is 6.42 Å². The normalized spacial score (nSPS) is 10.2. The van der Waals surface area contributed by atoms with E-state index in [0.717, 1.165) is 17.7 Å². The highest BCUT2D eigenvalue weighted by Crippen LogP contribution is 2.27. The predicted octanol–water partition coefficient (Wildman–Crippen LogP) is 5.39. The summed E-state index contributed by atoms with van der Waals surface area (Å²) in [5, 5.41) is 5.58. The summed E-state index contributed by atoms with van der Waals surface area (Å²) < 4.78 is 5.87. The molecular weight excluding hydrogens is 326 g/mol. The zero-order valence-electron chi connectivity index (χ0n) is 14.8. The van der Waals surface area contributed by atoms with Crippen molar-refractivity contribution in [2.24, 2.45) is 0 Å². The van der Waals surface area contributed by atoms with E-state index >= 15 is 0 Å². The van der Waals surface area contributed by atoms with Crippen LogP contribution in [0.3, 0.4) is 0 Å². The number of hydrogen-bond acceptors (Lipinski definition) is 3. The third kappa shape index (κ3) is 4.60. The SMILES string of the molecule is CCc1cccc(Oc2ncccc2NC(=O)Nc2ccc(C)cc2)c1. The first-order valence-corrected chi connectivity index (χ1v) is 8.50. The molecule has 1 aromatic heterocycles. The molecule has 5 nitrogen and oxygen atoms in total. The quantitative estimate of drug-likeness (QED) is 0.650. The molecule has 3 aromatic rings. The summed E-state index contributed by atoms with van der Waals surface area (Å²) in [5.41, 5.74) is 3.52. The zero-order valence-corrected chi connectivity index (χ0v) is 14.8. The molecule has 0 radical (unpaired) electrons. The molecule has 0 aliphatic heterocycles. The number of nitrogens with one attached hydrogen (secondary N) is 2. The maximum atomic E-state index is 12.3. The molecule has 0 aliphatic carbocycles. The van der Waals surface area contributed by atoms with Crippen molar-refractivity contribution in [2.75, 3.05) is 10.6 Å². The van der Waals surface area contributed by atoms with E-state index in [1.54, 1.807) is 18.3 Å². The Hall–Kier alpha value is -3.34. The molecule has 3 rings (SSSR count). The van der Waals surface area contributed by atoms with Crippen molar-refractivity contribution in [3.63, 3.8) is 0 Å². The van der Waals surface area contributed by atoms with Gasteiger partial charge in [0.05, 0.1) is 0 Å². The molecule has 2 amide bonds. The minimum atomic E-state index is -0.353. The monoisotopic (exact) mass is 347 g/mol. The van der Waals surface area contributed by atoms with E-state index in [0.29, 0.717) is 17.3 Å². The lowest BCUT2D eigenvalue weighted by molar-refractivity contribution is 0.262. The fraction of sp³-hybridized carbons (Fsp3) is 0.143. The van der Waals surface area contributed by atoms with E-state index in [4.69, 9.17) is 4.74 Å². The molecule has 0 spiro atoms.